The number of hydrogen-bond acceptors (Lipinski definition) is 5. The number of fused-ring (bicyclic) bond motifs is 1. The van der Waals surface area contributed by atoms with E-state index in [-0.39, 0.29) is 41.6 Å². The Morgan fingerprint density at radius 1 is 1.14 bits per heavy atom. The van der Waals surface area contributed by atoms with Gasteiger partial charge >= 0.3 is 11.7 Å². The van der Waals surface area contributed by atoms with E-state index in [4.69, 9.17) is 16.3 Å². The van der Waals surface area contributed by atoms with Crippen LogP contribution in [0.1, 0.15) is 34.6 Å². The standard InChI is InChI=1S/C19H31ClN5O4/c1-7-25(8-2,9-3)11-14(26)29-12-24-15-16(21-18(24)20)23(10-13(4)5)19(28)22(6)17(15)27/h13H,7-12H2,1-6H3/q+1. The molecular weight excluding hydrogens is 398 g/mol. The molecular formula is C19H31ClN5O4+. The van der Waals surface area contributed by atoms with E-state index in [2.05, 4.69) is 4.98 Å². The van der Waals surface area contributed by atoms with Crippen molar-refractivity contribution >= 4 is 28.7 Å². The van der Waals surface area contributed by atoms with E-state index in [1.807, 2.05) is 34.6 Å². The topological polar surface area (TPSA) is 88.1 Å². The molecule has 0 aliphatic carbocycles. The predicted octanol–water partition coefficient (Wildman–Crippen LogP) is 1.58. The second kappa shape index (κ2) is 9.13. The molecule has 2 aromatic heterocycles. The van der Waals surface area contributed by atoms with Gasteiger partial charge in [0.25, 0.3) is 5.56 Å². The van der Waals surface area contributed by atoms with Gasteiger partial charge in [-0.25, -0.2) is 9.59 Å². The Labute approximate surface area is 175 Å². The van der Waals surface area contributed by atoms with Crippen LogP contribution in [0.3, 0.4) is 0 Å². The first kappa shape index (κ1) is 23.2. The number of imidazole rings is 1. The molecule has 0 fully saturated rings. The van der Waals surface area contributed by atoms with Gasteiger partial charge < -0.3 is 9.22 Å². The highest BCUT2D eigenvalue weighted by Crippen LogP contribution is 2.17. The number of nitrogens with zero attached hydrogens (tertiary/aromatic N) is 5. The predicted molar refractivity (Wildman–Crippen MR) is 112 cm³/mol. The number of carbonyl (C=O) groups excluding carboxylic acids is 1. The van der Waals surface area contributed by atoms with Crippen LogP contribution in [-0.4, -0.2) is 55.3 Å². The van der Waals surface area contributed by atoms with E-state index < -0.39 is 11.2 Å². The average molecular weight is 429 g/mol. The zero-order chi connectivity index (χ0) is 21.9. The number of quaternary nitrogens is 1. The van der Waals surface area contributed by atoms with Crippen molar-refractivity contribution in [3.8, 4) is 0 Å². The molecule has 0 radical (unpaired) electrons. The normalized spacial score (nSPS) is 12.1. The minimum absolute atomic E-state index is 0.00441. The van der Waals surface area contributed by atoms with Crippen molar-refractivity contribution in [2.75, 3.05) is 26.2 Å². The first-order valence-electron chi connectivity index (χ1n) is 9.97. The maximum absolute atomic E-state index is 12.7. The van der Waals surface area contributed by atoms with Crippen LogP contribution in [-0.2, 0) is 29.9 Å². The van der Waals surface area contributed by atoms with Crippen molar-refractivity contribution in [3.05, 3.63) is 26.1 Å². The zero-order valence-corrected chi connectivity index (χ0v) is 18.8. The number of ether oxygens (including phenoxy) is 1. The fourth-order valence-electron chi connectivity index (χ4n) is 3.44. The summed E-state index contributed by atoms with van der Waals surface area (Å²) in [5.74, 6) is -0.209. The van der Waals surface area contributed by atoms with E-state index in [0.717, 1.165) is 24.2 Å². The van der Waals surface area contributed by atoms with Crippen LogP contribution in [0.25, 0.3) is 11.2 Å². The number of likely N-dealkylation sites (N-methyl/N-ethyl adjacent to an activating group) is 1. The molecule has 0 atom stereocenters. The summed E-state index contributed by atoms with van der Waals surface area (Å²) < 4.78 is 9.84. The number of aromatic nitrogens is 4. The van der Waals surface area contributed by atoms with Gasteiger partial charge in [-0.15, -0.1) is 0 Å². The van der Waals surface area contributed by atoms with Crippen molar-refractivity contribution in [2.24, 2.45) is 13.0 Å². The highest BCUT2D eigenvalue weighted by Gasteiger charge is 2.26. The van der Waals surface area contributed by atoms with Gasteiger partial charge in [-0.05, 0) is 38.3 Å². The second-order valence-corrected chi connectivity index (χ2v) is 8.06. The number of esters is 1. The zero-order valence-electron chi connectivity index (χ0n) is 18.1. The van der Waals surface area contributed by atoms with Crippen LogP contribution >= 0.6 is 11.6 Å². The van der Waals surface area contributed by atoms with Crippen LogP contribution in [0.15, 0.2) is 9.59 Å². The largest absolute Gasteiger partial charge is 0.440 e. The van der Waals surface area contributed by atoms with Gasteiger partial charge in [0.2, 0.25) is 5.28 Å². The van der Waals surface area contributed by atoms with Crippen LogP contribution in [0, 0.1) is 5.92 Å². The maximum Gasteiger partial charge on any atom is 0.363 e. The average Bonchev–Trinajstić information content (AvgIpc) is 3.02. The van der Waals surface area contributed by atoms with Gasteiger partial charge in [0.05, 0.1) is 19.6 Å². The molecule has 162 valence electrons. The Morgan fingerprint density at radius 2 is 1.72 bits per heavy atom. The molecule has 29 heavy (non-hydrogen) atoms. The number of halogens is 1. The summed E-state index contributed by atoms with van der Waals surface area (Å²) in [4.78, 5) is 41.9. The first-order valence-corrected chi connectivity index (χ1v) is 10.3. The molecule has 0 saturated carbocycles. The molecule has 10 heteroatoms. The third-order valence-electron chi connectivity index (χ3n) is 5.56. The third kappa shape index (κ3) is 4.56. The summed E-state index contributed by atoms with van der Waals surface area (Å²) in [5.41, 5.74) is -0.631. The Kier molecular flexibility index (Phi) is 7.29. The van der Waals surface area contributed by atoms with Gasteiger partial charge in [0.15, 0.2) is 24.4 Å². The maximum atomic E-state index is 12.7. The van der Waals surface area contributed by atoms with Gasteiger partial charge in [-0.1, -0.05) is 13.8 Å². The fraction of sp³-hybridized carbons (Fsp3) is 0.684. The number of carbonyl (C=O) groups is 1. The monoisotopic (exact) mass is 428 g/mol. The second-order valence-electron chi connectivity index (χ2n) is 7.73. The minimum Gasteiger partial charge on any atom is -0.440 e. The molecule has 2 heterocycles. The highest BCUT2D eigenvalue weighted by atomic mass is 35.5. The van der Waals surface area contributed by atoms with Crippen molar-refractivity contribution in [1.82, 2.24) is 18.7 Å². The Bertz CT molecular complexity index is 992. The van der Waals surface area contributed by atoms with Crippen molar-refractivity contribution in [2.45, 2.75) is 47.9 Å². The lowest BCUT2D eigenvalue weighted by molar-refractivity contribution is -0.916. The molecule has 9 nitrogen and oxygen atoms in total. The van der Waals surface area contributed by atoms with Crippen molar-refractivity contribution in [3.63, 3.8) is 0 Å². The molecule has 2 rings (SSSR count). The molecule has 0 spiro atoms. The summed E-state index contributed by atoms with van der Waals surface area (Å²) in [6, 6.07) is 0. The molecule has 0 bridgehead atoms. The van der Waals surface area contributed by atoms with E-state index in [1.54, 1.807) is 0 Å². The quantitative estimate of drug-likeness (QED) is 0.344. The summed E-state index contributed by atoms with van der Waals surface area (Å²) in [6.07, 6.45) is 0. The summed E-state index contributed by atoms with van der Waals surface area (Å²) in [5, 5.41) is -0.00441. The van der Waals surface area contributed by atoms with Gasteiger partial charge in [-0.2, -0.15) is 4.98 Å². The lowest BCUT2D eigenvalue weighted by Gasteiger charge is -2.34. The third-order valence-corrected chi connectivity index (χ3v) is 5.85. The SMILES string of the molecule is CC[N+](CC)(CC)CC(=O)OCn1c(Cl)nc2c1c(=O)n(C)c(=O)n2CC(C)C. The fourth-order valence-corrected chi connectivity index (χ4v) is 3.65. The van der Waals surface area contributed by atoms with Gasteiger partial charge in [0, 0.05) is 13.6 Å². The first-order chi connectivity index (χ1) is 13.6. The summed E-state index contributed by atoms with van der Waals surface area (Å²) >= 11 is 6.24. The van der Waals surface area contributed by atoms with Crippen LogP contribution in [0.2, 0.25) is 5.28 Å². The molecule has 0 aliphatic heterocycles. The molecule has 0 amide bonds. The van der Waals surface area contributed by atoms with Crippen molar-refractivity contribution in [1.29, 1.82) is 0 Å². The van der Waals surface area contributed by atoms with Gasteiger partial charge in [0.1, 0.15) is 0 Å². The smallest absolute Gasteiger partial charge is 0.363 e. The summed E-state index contributed by atoms with van der Waals surface area (Å²) in [6.45, 7) is 12.9. The molecule has 2 aromatic rings. The lowest BCUT2D eigenvalue weighted by atomic mass is 10.2. The van der Waals surface area contributed by atoms with Crippen LogP contribution in [0.4, 0.5) is 0 Å². The Balaban J connectivity index is 2.41. The van der Waals surface area contributed by atoms with Gasteiger partial charge in [-0.3, -0.25) is 18.5 Å². The Morgan fingerprint density at radius 3 is 2.24 bits per heavy atom. The minimum atomic E-state index is -0.527. The number of hydrogen-bond donors (Lipinski definition) is 0. The van der Waals surface area contributed by atoms with E-state index in [1.165, 1.54) is 16.2 Å². The Hall–Kier alpha value is -2.13. The molecule has 0 aliphatic rings. The van der Waals surface area contributed by atoms with E-state index in [9.17, 15) is 14.4 Å². The molecule has 0 N–H and O–H groups in total. The molecule has 0 aromatic carbocycles. The lowest BCUT2D eigenvalue weighted by Crippen LogP contribution is -2.51. The molecule has 0 unspecified atom stereocenters. The summed E-state index contributed by atoms with van der Waals surface area (Å²) in [7, 11) is 1.41. The number of rotatable bonds is 9. The molecule has 0 saturated heterocycles. The van der Waals surface area contributed by atoms with Crippen molar-refractivity contribution < 1.29 is 14.0 Å². The van der Waals surface area contributed by atoms with E-state index >= 15 is 0 Å². The van der Waals surface area contributed by atoms with Crippen LogP contribution in [0.5, 0.6) is 0 Å². The van der Waals surface area contributed by atoms with Crippen LogP contribution < -0.4 is 11.2 Å². The highest BCUT2D eigenvalue weighted by molar-refractivity contribution is 6.29. The van der Waals surface area contributed by atoms with E-state index in [0.29, 0.717) is 11.0 Å².